The minimum Gasteiger partial charge on any atom is -0.454 e. The standard InChI is InChI=1S/C23H23N3O3/c27-23(14-26-11-9-24-10-12-26)25-20-7-6-17(18-3-1-2-4-19(18)20)16-5-8-21-22(13-16)29-15-28-21/h1-8,13,24H,9-12,14-15H2,(H,25,27). The molecule has 0 bridgehead atoms. The summed E-state index contributed by atoms with van der Waals surface area (Å²) in [6, 6.07) is 18.2. The van der Waals surface area contributed by atoms with Gasteiger partial charge in [0.25, 0.3) is 0 Å². The van der Waals surface area contributed by atoms with E-state index in [0.29, 0.717) is 6.54 Å². The number of carbonyl (C=O) groups excluding carboxylic acids is 1. The molecule has 5 rings (SSSR count). The number of anilines is 1. The van der Waals surface area contributed by atoms with Crippen molar-refractivity contribution < 1.29 is 14.3 Å². The van der Waals surface area contributed by atoms with Crippen molar-refractivity contribution in [2.45, 2.75) is 0 Å². The Labute approximate surface area is 169 Å². The number of nitrogens with one attached hydrogen (secondary N) is 2. The number of amides is 1. The van der Waals surface area contributed by atoms with Crippen LogP contribution < -0.4 is 20.1 Å². The summed E-state index contributed by atoms with van der Waals surface area (Å²) in [7, 11) is 0. The van der Waals surface area contributed by atoms with Gasteiger partial charge < -0.3 is 20.1 Å². The third-order valence-electron chi connectivity index (χ3n) is 5.46. The number of piperazine rings is 1. The lowest BCUT2D eigenvalue weighted by atomic mass is 9.97. The summed E-state index contributed by atoms with van der Waals surface area (Å²) in [5.41, 5.74) is 2.99. The molecular formula is C23H23N3O3. The first-order chi connectivity index (χ1) is 14.3. The van der Waals surface area contributed by atoms with Gasteiger partial charge in [-0.15, -0.1) is 0 Å². The Morgan fingerprint density at radius 1 is 0.966 bits per heavy atom. The number of benzene rings is 3. The van der Waals surface area contributed by atoms with Gasteiger partial charge in [0, 0.05) is 37.3 Å². The Kier molecular flexibility index (Phi) is 4.79. The normalized spacial score (nSPS) is 16.1. The van der Waals surface area contributed by atoms with Crippen molar-refractivity contribution in [3.63, 3.8) is 0 Å². The van der Waals surface area contributed by atoms with E-state index in [1.807, 2.05) is 42.5 Å². The molecule has 3 aromatic rings. The fourth-order valence-corrected chi connectivity index (χ4v) is 3.99. The van der Waals surface area contributed by atoms with E-state index < -0.39 is 0 Å². The minimum atomic E-state index is 0.0212. The van der Waals surface area contributed by atoms with Crippen LogP contribution in [0.4, 0.5) is 5.69 Å². The summed E-state index contributed by atoms with van der Waals surface area (Å²) in [5, 5.41) is 8.53. The molecule has 0 aromatic heterocycles. The first-order valence-electron chi connectivity index (χ1n) is 9.93. The van der Waals surface area contributed by atoms with Gasteiger partial charge in [0.1, 0.15) is 0 Å². The molecule has 0 spiro atoms. The van der Waals surface area contributed by atoms with Gasteiger partial charge in [-0.2, -0.15) is 0 Å². The van der Waals surface area contributed by atoms with Crippen LogP contribution in [-0.2, 0) is 4.79 Å². The van der Waals surface area contributed by atoms with Gasteiger partial charge in [-0.05, 0) is 34.7 Å². The van der Waals surface area contributed by atoms with Crippen molar-refractivity contribution >= 4 is 22.4 Å². The molecule has 0 radical (unpaired) electrons. The fourth-order valence-electron chi connectivity index (χ4n) is 3.99. The highest BCUT2D eigenvalue weighted by Gasteiger charge is 2.17. The van der Waals surface area contributed by atoms with Crippen LogP contribution in [0.15, 0.2) is 54.6 Å². The monoisotopic (exact) mass is 389 g/mol. The predicted molar refractivity (Wildman–Crippen MR) is 113 cm³/mol. The van der Waals surface area contributed by atoms with Crippen molar-refractivity contribution in [2.75, 3.05) is 44.8 Å². The zero-order chi connectivity index (χ0) is 19.6. The van der Waals surface area contributed by atoms with Gasteiger partial charge in [-0.25, -0.2) is 0 Å². The van der Waals surface area contributed by atoms with Crippen LogP contribution in [0, 0.1) is 0 Å². The SMILES string of the molecule is O=C(CN1CCNCC1)Nc1ccc(-c2ccc3c(c2)OCO3)c2ccccc12. The molecule has 0 saturated carbocycles. The molecule has 1 amide bonds. The molecule has 6 heteroatoms. The fraction of sp³-hybridized carbons (Fsp3) is 0.261. The van der Waals surface area contributed by atoms with Crippen LogP contribution in [-0.4, -0.2) is 50.3 Å². The molecule has 2 N–H and O–H groups in total. The van der Waals surface area contributed by atoms with E-state index in [0.717, 1.165) is 65.3 Å². The number of carbonyl (C=O) groups is 1. The van der Waals surface area contributed by atoms with Crippen LogP contribution in [0.1, 0.15) is 0 Å². The molecule has 29 heavy (non-hydrogen) atoms. The lowest BCUT2D eigenvalue weighted by molar-refractivity contribution is -0.117. The molecule has 2 aliphatic heterocycles. The predicted octanol–water partition coefficient (Wildman–Crippen LogP) is 3.08. The Morgan fingerprint density at radius 3 is 2.62 bits per heavy atom. The van der Waals surface area contributed by atoms with Gasteiger partial charge in [0.15, 0.2) is 11.5 Å². The molecule has 1 saturated heterocycles. The summed E-state index contributed by atoms with van der Waals surface area (Å²) >= 11 is 0. The average Bonchev–Trinajstić information content (AvgIpc) is 3.22. The molecule has 0 unspecified atom stereocenters. The molecule has 1 fully saturated rings. The third-order valence-corrected chi connectivity index (χ3v) is 5.46. The van der Waals surface area contributed by atoms with Crippen molar-refractivity contribution in [1.29, 1.82) is 0 Å². The van der Waals surface area contributed by atoms with Crippen molar-refractivity contribution in [2.24, 2.45) is 0 Å². The van der Waals surface area contributed by atoms with E-state index >= 15 is 0 Å². The van der Waals surface area contributed by atoms with E-state index in [9.17, 15) is 4.79 Å². The molecular weight excluding hydrogens is 366 g/mol. The highest BCUT2D eigenvalue weighted by molar-refractivity contribution is 6.08. The van der Waals surface area contributed by atoms with E-state index in [4.69, 9.17) is 9.47 Å². The Bertz CT molecular complexity index is 1060. The maximum atomic E-state index is 12.6. The second-order valence-corrected chi connectivity index (χ2v) is 7.35. The van der Waals surface area contributed by atoms with Crippen LogP contribution >= 0.6 is 0 Å². The summed E-state index contributed by atoms with van der Waals surface area (Å²) in [6.07, 6.45) is 0. The number of nitrogens with zero attached hydrogens (tertiary/aromatic N) is 1. The first-order valence-corrected chi connectivity index (χ1v) is 9.93. The molecule has 2 heterocycles. The maximum Gasteiger partial charge on any atom is 0.238 e. The Hall–Kier alpha value is -3.09. The maximum absolute atomic E-state index is 12.6. The zero-order valence-corrected chi connectivity index (χ0v) is 16.1. The Balaban J connectivity index is 1.44. The lowest BCUT2D eigenvalue weighted by Gasteiger charge is -2.26. The van der Waals surface area contributed by atoms with Crippen LogP contribution in [0.3, 0.4) is 0 Å². The average molecular weight is 389 g/mol. The number of rotatable bonds is 4. The van der Waals surface area contributed by atoms with E-state index in [1.54, 1.807) is 0 Å². The second-order valence-electron chi connectivity index (χ2n) is 7.35. The van der Waals surface area contributed by atoms with E-state index in [2.05, 4.69) is 27.7 Å². The number of ether oxygens (including phenoxy) is 2. The number of hydrogen-bond donors (Lipinski definition) is 2. The van der Waals surface area contributed by atoms with Crippen molar-refractivity contribution in [3.8, 4) is 22.6 Å². The third kappa shape index (κ3) is 3.64. The number of fused-ring (bicyclic) bond motifs is 2. The molecule has 6 nitrogen and oxygen atoms in total. The minimum absolute atomic E-state index is 0.0212. The van der Waals surface area contributed by atoms with Crippen LogP contribution in [0.25, 0.3) is 21.9 Å². The van der Waals surface area contributed by atoms with Crippen LogP contribution in [0.5, 0.6) is 11.5 Å². The summed E-state index contributed by atoms with van der Waals surface area (Å²) in [5.74, 6) is 1.56. The Morgan fingerprint density at radius 2 is 1.76 bits per heavy atom. The molecule has 2 aliphatic rings. The van der Waals surface area contributed by atoms with Gasteiger partial charge in [0.05, 0.1) is 6.54 Å². The van der Waals surface area contributed by atoms with Crippen molar-refractivity contribution in [3.05, 3.63) is 54.6 Å². The summed E-state index contributed by atoms with van der Waals surface area (Å²) in [6.45, 7) is 4.34. The smallest absolute Gasteiger partial charge is 0.238 e. The lowest BCUT2D eigenvalue weighted by Crippen LogP contribution is -2.46. The summed E-state index contributed by atoms with van der Waals surface area (Å²) in [4.78, 5) is 14.8. The highest BCUT2D eigenvalue weighted by atomic mass is 16.7. The first kappa shape index (κ1) is 18.0. The molecule has 148 valence electrons. The topological polar surface area (TPSA) is 62.8 Å². The molecule has 0 aliphatic carbocycles. The number of hydrogen-bond acceptors (Lipinski definition) is 5. The van der Waals surface area contributed by atoms with Gasteiger partial charge in [0.2, 0.25) is 12.7 Å². The second kappa shape index (κ2) is 7.73. The van der Waals surface area contributed by atoms with Gasteiger partial charge >= 0.3 is 0 Å². The largest absolute Gasteiger partial charge is 0.454 e. The van der Waals surface area contributed by atoms with E-state index in [1.165, 1.54) is 0 Å². The molecule has 3 aromatic carbocycles. The van der Waals surface area contributed by atoms with Gasteiger partial charge in [-0.1, -0.05) is 36.4 Å². The summed E-state index contributed by atoms with van der Waals surface area (Å²) < 4.78 is 11.0. The highest BCUT2D eigenvalue weighted by Crippen LogP contribution is 2.39. The van der Waals surface area contributed by atoms with Crippen molar-refractivity contribution in [1.82, 2.24) is 10.2 Å². The molecule has 0 atom stereocenters. The van der Waals surface area contributed by atoms with E-state index in [-0.39, 0.29) is 12.7 Å². The van der Waals surface area contributed by atoms with Crippen LogP contribution in [0.2, 0.25) is 0 Å². The quantitative estimate of drug-likeness (QED) is 0.718. The zero-order valence-electron chi connectivity index (χ0n) is 16.1. The van der Waals surface area contributed by atoms with Gasteiger partial charge in [-0.3, -0.25) is 9.69 Å².